The molecule has 3 N–H and O–H groups in total. The van der Waals surface area contributed by atoms with Gasteiger partial charge in [-0.15, -0.1) is 0 Å². The van der Waals surface area contributed by atoms with Crippen molar-refractivity contribution in [2.24, 2.45) is 10.9 Å². The number of hydrogen-bond donors (Lipinski definition) is 2. The first-order valence-corrected chi connectivity index (χ1v) is 7.68. The van der Waals surface area contributed by atoms with Gasteiger partial charge in [0.1, 0.15) is 6.61 Å². The van der Waals surface area contributed by atoms with E-state index in [1.807, 2.05) is 55.5 Å². The summed E-state index contributed by atoms with van der Waals surface area (Å²) in [6.45, 7) is 2.42. The lowest BCUT2D eigenvalue weighted by Crippen LogP contribution is -2.14. The number of benzene rings is 3. The molecular formula is C20H22N2O2. The smallest absolute Gasteiger partial charge is 0.170 e. The molecule has 124 valence electrons. The molecule has 0 bridgehead atoms. The van der Waals surface area contributed by atoms with Gasteiger partial charge in [-0.25, -0.2) is 0 Å². The van der Waals surface area contributed by atoms with Crippen molar-refractivity contribution in [1.29, 1.82) is 0 Å². The Morgan fingerprint density at radius 2 is 1.71 bits per heavy atom. The van der Waals surface area contributed by atoms with E-state index in [-0.39, 0.29) is 0 Å². The molecule has 0 saturated carbocycles. The number of fused-ring (bicyclic) bond motifs is 1. The van der Waals surface area contributed by atoms with E-state index in [2.05, 4.69) is 23.4 Å². The molecule has 0 atom stereocenters. The molecule has 0 saturated heterocycles. The van der Waals surface area contributed by atoms with Crippen molar-refractivity contribution in [3.8, 4) is 0 Å². The molecule has 4 nitrogen and oxygen atoms in total. The van der Waals surface area contributed by atoms with E-state index in [0.29, 0.717) is 12.4 Å². The number of oxime groups is 1. The summed E-state index contributed by atoms with van der Waals surface area (Å²) in [6, 6.07) is 22.3. The maximum absolute atomic E-state index is 7.00. The van der Waals surface area contributed by atoms with Crippen LogP contribution in [0.15, 0.2) is 71.9 Å². The van der Waals surface area contributed by atoms with Crippen LogP contribution in [0.1, 0.15) is 16.7 Å². The molecule has 0 heterocycles. The van der Waals surface area contributed by atoms with E-state index in [1.54, 1.807) is 0 Å². The van der Waals surface area contributed by atoms with Crippen molar-refractivity contribution in [2.45, 2.75) is 13.5 Å². The molecule has 0 aliphatic heterocycles. The first-order chi connectivity index (χ1) is 11.7. The number of nitrogens with zero attached hydrogens (tertiary/aromatic N) is 1. The summed E-state index contributed by atoms with van der Waals surface area (Å²) < 4.78 is 0. The van der Waals surface area contributed by atoms with E-state index < -0.39 is 0 Å². The summed E-state index contributed by atoms with van der Waals surface area (Å²) in [6.07, 6.45) is 0. The van der Waals surface area contributed by atoms with E-state index in [9.17, 15) is 0 Å². The molecule has 3 rings (SSSR count). The monoisotopic (exact) mass is 322 g/mol. The van der Waals surface area contributed by atoms with Crippen LogP contribution in [0.3, 0.4) is 0 Å². The van der Waals surface area contributed by atoms with Crippen LogP contribution < -0.4 is 5.73 Å². The normalized spacial score (nSPS) is 10.9. The lowest BCUT2D eigenvalue weighted by molar-refractivity contribution is 0.131. The van der Waals surface area contributed by atoms with E-state index >= 15 is 0 Å². The first-order valence-electron chi connectivity index (χ1n) is 7.68. The Kier molecular flexibility index (Phi) is 6.34. The number of aliphatic hydroxyl groups excluding tert-OH is 1. The largest absolute Gasteiger partial charge is 0.400 e. The van der Waals surface area contributed by atoms with Gasteiger partial charge >= 0.3 is 0 Å². The predicted octanol–water partition coefficient (Wildman–Crippen LogP) is 3.59. The van der Waals surface area contributed by atoms with Gasteiger partial charge < -0.3 is 15.7 Å². The van der Waals surface area contributed by atoms with Gasteiger partial charge in [0.2, 0.25) is 0 Å². The summed E-state index contributed by atoms with van der Waals surface area (Å²) in [5, 5.41) is 13.4. The fourth-order valence-corrected chi connectivity index (χ4v) is 2.45. The topological polar surface area (TPSA) is 67.8 Å². The SMILES string of the molecule is CO.Cc1cccc(/C(N)=N/OCc2cccc3ccccc23)c1. The van der Waals surface area contributed by atoms with E-state index in [4.69, 9.17) is 15.7 Å². The zero-order valence-electron chi connectivity index (χ0n) is 13.9. The maximum atomic E-state index is 7.00. The third-order valence-electron chi connectivity index (χ3n) is 3.58. The summed E-state index contributed by atoms with van der Waals surface area (Å²) in [4.78, 5) is 5.45. The van der Waals surface area contributed by atoms with Gasteiger partial charge in [-0.05, 0) is 29.3 Å². The Morgan fingerprint density at radius 1 is 1.00 bits per heavy atom. The minimum atomic E-state index is 0.393. The van der Waals surface area contributed by atoms with Crippen LogP contribution in [-0.4, -0.2) is 18.1 Å². The van der Waals surface area contributed by atoms with E-state index in [1.165, 1.54) is 10.8 Å². The number of rotatable bonds is 4. The number of amidine groups is 1. The van der Waals surface area contributed by atoms with Gasteiger partial charge in [-0.3, -0.25) is 0 Å². The highest BCUT2D eigenvalue weighted by Gasteiger charge is 2.02. The Hall–Kier alpha value is -2.85. The third kappa shape index (κ3) is 4.33. The fraction of sp³-hybridized carbons (Fsp3) is 0.150. The van der Waals surface area contributed by atoms with Gasteiger partial charge in [0.15, 0.2) is 5.84 Å². The Labute approximate surface area is 142 Å². The molecule has 3 aromatic carbocycles. The maximum Gasteiger partial charge on any atom is 0.170 e. The molecule has 0 amide bonds. The van der Waals surface area contributed by atoms with Crippen LogP contribution in [0.2, 0.25) is 0 Å². The van der Waals surface area contributed by atoms with Gasteiger partial charge in [0.25, 0.3) is 0 Å². The Morgan fingerprint density at radius 3 is 2.50 bits per heavy atom. The number of nitrogens with two attached hydrogens (primary N) is 1. The average Bonchev–Trinajstić information content (AvgIpc) is 2.63. The molecule has 0 aliphatic carbocycles. The van der Waals surface area contributed by atoms with Crippen molar-refractivity contribution in [3.05, 3.63) is 83.4 Å². The van der Waals surface area contributed by atoms with Crippen molar-refractivity contribution in [1.82, 2.24) is 0 Å². The number of hydrogen-bond acceptors (Lipinski definition) is 3. The summed E-state index contributed by atoms with van der Waals surface area (Å²) >= 11 is 0. The van der Waals surface area contributed by atoms with Gasteiger partial charge in [0, 0.05) is 12.7 Å². The minimum absolute atomic E-state index is 0.393. The molecule has 0 unspecified atom stereocenters. The van der Waals surface area contributed by atoms with Crippen molar-refractivity contribution in [3.63, 3.8) is 0 Å². The highest BCUT2D eigenvalue weighted by atomic mass is 16.6. The molecule has 0 aromatic heterocycles. The molecule has 4 heteroatoms. The highest BCUT2D eigenvalue weighted by molar-refractivity contribution is 5.97. The van der Waals surface area contributed by atoms with Gasteiger partial charge in [-0.2, -0.15) is 0 Å². The lowest BCUT2D eigenvalue weighted by atomic mass is 10.1. The average molecular weight is 322 g/mol. The van der Waals surface area contributed by atoms with Crippen LogP contribution in [0, 0.1) is 6.92 Å². The number of aliphatic hydroxyl groups is 1. The van der Waals surface area contributed by atoms with Crippen LogP contribution >= 0.6 is 0 Å². The molecular weight excluding hydrogens is 300 g/mol. The fourth-order valence-electron chi connectivity index (χ4n) is 2.45. The standard InChI is InChI=1S/C19H18N2O.CH4O/c1-14-6-4-9-16(12-14)19(20)21-22-13-17-10-5-8-15-7-2-3-11-18(15)17;1-2/h2-12H,13H2,1H3,(H2,20,21);2H,1H3. The second-order valence-electron chi connectivity index (χ2n) is 5.26. The van der Waals surface area contributed by atoms with Crippen LogP contribution in [0.4, 0.5) is 0 Å². The van der Waals surface area contributed by atoms with Gasteiger partial charge in [0.05, 0.1) is 0 Å². The van der Waals surface area contributed by atoms with Gasteiger partial charge in [-0.1, -0.05) is 71.4 Å². The van der Waals surface area contributed by atoms with E-state index in [0.717, 1.165) is 23.8 Å². The van der Waals surface area contributed by atoms with Crippen LogP contribution in [0.5, 0.6) is 0 Å². The Bertz CT molecular complexity index is 823. The highest BCUT2D eigenvalue weighted by Crippen LogP contribution is 2.19. The molecule has 0 radical (unpaired) electrons. The Balaban J connectivity index is 0.00000100. The van der Waals surface area contributed by atoms with Crippen LogP contribution in [0.25, 0.3) is 10.8 Å². The predicted molar refractivity (Wildman–Crippen MR) is 98.8 cm³/mol. The van der Waals surface area contributed by atoms with Crippen molar-refractivity contribution < 1.29 is 9.94 Å². The molecule has 3 aromatic rings. The summed E-state index contributed by atoms with van der Waals surface area (Å²) in [5.41, 5.74) is 9.08. The first kappa shape index (κ1) is 17.5. The summed E-state index contributed by atoms with van der Waals surface area (Å²) in [5.74, 6) is 0.393. The summed E-state index contributed by atoms with van der Waals surface area (Å²) in [7, 11) is 1.00. The van der Waals surface area contributed by atoms with Crippen molar-refractivity contribution >= 4 is 16.6 Å². The van der Waals surface area contributed by atoms with Crippen molar-refractivity contribution in [2.75, 3.05) is 7.11 Å². The molecule has 0 aliphatic rings. The third-order valence-corrected chi connectivity index (χ3v) is 3.58. The second-order valence-corrected chi connectivity index (χ2v) is 5.26. The molecule has 24 heavy (non-hydrogen) atoms. The second kappa shape index (κ2) is 8.70. The zero-order chi connectivity index (χ0) is 17.4. The van der Waals surface area contributed by atoms with Crippen LogP contribution in [-0.2, 0) is 11.4 Å². The molecule has 0 spiro atoms. The molecule has 0 fully saturated rings. The zero-order valence-corrected chi connectivity index (χ0v) is 13.9. The quantitative estimate of drug-likeness (QED) is 0.438. The lowest BCUT2D eigenvalue weighted by Gasteiger charge is -2.06. The number of aryl methyl sites for hydroxylation is 1. The minimum Gasteiger partial charge on any atom is -0.400 e.